The Balaban J connectivity index is 1.56. The van der Waals surface area contributed by atoms with E-state index in [0.29, 0.717) is 39.0 Å². The number of carbonyl (C=O) groups excluding carboxylic acids is 1. The minimum Gasteiger partial charge on any atom is -0.461 e. The summed E-state index contributed by atoms with van der Waals surface area (Å²) >= 11 is 0. The molecule has 0 unspecified atom stereocenters. The molecule has 7 heteroatoms. The maximum absolute atomic E-state index is 12.9. The lowest BCUT2D eigenvalue weighted by atomic mass is 9.97. The van der Waals surface area contributed by atoms with Crippen LogP contribution in [0.15, 0.2) is 30.3 Å². The summed E-state index contributed by atoms with van der Waals surface area (Å²) in [5, 5.41) is -0.598. The Morgan fingerprint density at radius 1 is 1.11 bits per heavy atom. The van der Waals surface area contributed by atoms with Crippen molar-refractivity contribution in [3.05, 3.63) is 35.9 Å². The first-order chi connectivity index (χ1) is 13.0. The number of rotatable bonds is 7. The van der Waals surface area contributed by atoms with E-state index in [4.69, 9.17) is 9.47 Å². The van der Waals surface area contributed by atoms with Gasteiger partial charge in [0, 0.05) is 19.6 Å². The number of carbonyl (C=O) groups is 1. The smallest absolute Gasteiger partial charge is 0.307 e. The molecule has 27 heavy (non-hydrogen) atoms. The number of ether oxygens (including phenoxy) is 2. The minimum atomic E-state index is -3.37. The lowest BCUT2D eigenvalue weighted by Crippen LogP contribution is -2.41. The van der Waals surface area contributed by atoms with Crippen LogP contribution < -0.4 is 0 Å². The molecule has 1 heterocycles. The highest BCUT2D eigenvalue weighted by Gasteiger charge is 2.37. The van der Waals surface area contributed by atoms with Crippen molar-refractivity contribution in [2.75, 3.05) is 32.8 Å². The predicted octanol–water partition coefficient (Wildman–Crippen LogP) is 2.18. The van der Waals surface area contributed by atoms with Gasteiger partial charge in [-0.05, 0) is 24.8 Å². The number of hydrogen-bond donors (Lipinski definition) is 0. The van der Waals surface area contributed by atoms with Crippen LogP contribution in [-0.4, -0.2) is 63.5 Å². The van der Waals surface area contributed by atoms with Crippen LogP contribution in [0.3, 0.4) is 0 Å². The first-order valence-electron chi connectivity index (χ1n) is 9.80. The molecule has 0 bridgehead atoms. The van der Waals surface area contributed by atoms with Gasteiger partial charge in [0.1, 0.15) is 6.10 Å². The van der Waals surface area contributed by atoms with Crippen molar-refractivity contribution in [3.63, 3.8) is 0 Å². The molecule has 2 aliphatic rings. The van der Waals surface area contributed by atoms with Crippen LogP contribution in [0.1, 0.15) is 37.7 Å². The van der Waals surface area contributed by atoms with Gasteiger partial charge in [0.2, 0.25) is 0 Å². The van der Waals surface area contributed by atoms with E-state index in [1.54, 1.807) is 0 Å². The molecule has 0 radical (unpaired) electrons. The van der Waals surface area contributed by atoms with Gasteiger partial charge < -0.3 is 9.47 Å². The molecule has 1 aliphatic heterocycles. The zero-order chi connectivity index (χ0) is 19.1. The normalized spacial score (nSPS) is 24.4. The third kappa shape index (κ3) is 6.02. The van der Waals surface area contributed by atoms with Crippen LogP contribution in [-0.2, 0) is 29.9 Å². The highest BCUT2D eigenvalue weighted by molar-refractivity contribution is 7.91. The second-order valence-corrected chi connectivity index (χ2v) is 9.57. The van der Waals surface area contributed by atoms with E-state index in [-0.39, 0.29) is 11.7 Å². The number of hydrogen-bond acceptors (Lipinski definition) is 6. The van der Waals surface area contributed by atoms with Gasteiger partial charge in [0.25, 0.3) is 0 Å². The molecular formula is C20H29NO5S. The molecule has 0 amide bonds. The Morgan fingerprint density at radius 3 is 2.56 bits per heavy atom. The second kappa shape index (κ2) is 9.66. The molecule has 2 atom stereocenters. The molecule has 150 valence electrons. The van der Waals surface area contributed by atoms with E-state index in [1.807, 2.05) is 30.3 Å². The Bertz CT molecular complexity index is 700. The van der Waals surface area contributed by atoms with Crippen LogP contribution in [0.4, 0.5) is 0 Å². The van der Waals surface area contributed by atoms with Crippen molar-refractivity contribution in [2.24, 2.45) is 0 Å². The molecule has 1 saturated carbocycles. The predicted molar refractivity (Wildman–Crippen MR) is 103 cm³/mol. The van der Waals surface area contributed by atoms with Crippen molar-refractivity contribution in [1.82, 2.24) is 4.90 Å². The maximum Gasteiger partial charge on any atom is 0.307 e. The van der Waals surface area contributed by atoms with Crippen LogP contribution in [0, 0.1) is 0 Å². The molecule has 1 aliphatic carbocycles. The Morgan fingerprint density at radius 2 is 1.81 bits per heavy atom. The van der Waals surface area contributed by atoms with Crippen molar-refractivity contribution in [3.8, 4) is 0 Å². The second-order valence-electron chi connectivity index (χ2n) is 7.35. The number of benzene rings is 1. The van der Waals surface area contributed by atoms with Gasteiger partial charge in [-0.1, -0.05) is 36.8 Å². The summed E-state index contributed by atoms with van der Waals surface area (Å²) in [5.41, 5.74) is 0.778. The Kier molecular flexibility index (Phi) is 7.26. The van der Waals surface area contributed by atoms with E-state index < -0.39 is 21.2 Å². The van der Waals surface area contributed by atoms with E-state index >= 15 is 0 Å². The SMILES string of the molecule is O=C(CCN1CCOCC1)O[C@H]1CCCC[C@@H]1S(=O)(=O)Cc1ccccc1. The van der Waals surface area contributed by atoms with Crippen molar-refractivity contribution < 1.29 is 22.7 Å². The topological polar surface area (TPSA) is 72.9 Å². The van der Waals surface area contributed by atoms with Gasteiger partial charge in [-0.15, -0.1) is 0 Å². The fourth-order valence-electron chi connectivity index (χ4n) is 3.82. The largest absolute Gasteiger partial charge is 0.461 e. The first-order valence-corrected chi connectivity index (χ1v) is 11.5. The van der Waals surface area contributed by atoms with E-state index in [2.05, 4.69) is 4.90 Å². The Hall–Kier alpha value is -1.44. The molecular weight excluding hydrogens is 366 g/mol. The van der Waals surface area contributed by atoms with Crippen molar-refractivity contribution in [1.29, 1.82) is 0 Å². The molecule has 1 saturated heterocycles. The van der Waals surface area contributed by atoms with E-state index in [9.17, 15) is 13.2 Å². The quantitative estimate of drug-likeness (QED) is 0.659. The van der Waals surface area contributed by atoms with Crippen LogP contribution in [0.2, 0.25) is 0 Å². The molecule has 6 nitrogen and oxygen atoms in total. The zero-order valence-corrected chi connectivity index (χ0v) is 16.5. The summed E-state index contributed by atoms with van der Waals surface area (Å²) in [6.07, 6.45) is 2.73. The summed E-state index contributed by atoms with van der Waals surface area (Å²) in [7, 11) is -3.37. The molecule has 0 aromatic heterocycles. The third-order valence-electron chi connectivity index (χ3n) is 5.33. The number of sulfone groups is 1. The molecule has 2 fully saturated rings. The van der Waals surface area contributed by atoms with Gasteiger partial charge >= 0.3 is 5.97 Å². The number of nitrogens with zero attached hydrogens (tertiary/aromatic N) is 1. The molecule has 1 aromatic rings. The average Bonchev–Trinajstić information content (AvgIpc) is 2.68. The van der Waals surface area contributed by atoms with Crippen LogP contribution in [0.25, 0.3) is 0 Å². The number of morpholine rings is 1. The van der Waals surface area contributed by atoms with E-state index in [1.165, 1.54) is 0 Å². The molecule has 0 spiro atoms. The lowest BCUT2D eigenvalue weighted by molar-refractivity contribution is -0.150. The van der Waals surface area contributed by atoms with Gasteiger partial charge in [0.05, 0.1) is 30.6 Å². The first kappa shape index (κ1) is 20.3. The summed E-state index contributed by atoms with van der Waals surface area (Å²) in [5.74, 6) is -0.298. The fourth-order valence-corrected chi connectivity index (χ4v) is 5.88. The lowest BCUT2D eigenvalue weighted by Gasteiger charge is -2.31. The number of esters is 1. The van der Waals surface area contributed by atoms with Gasteiger partial charge in [0.15, 0.2) is 9.84 Å². The summed E-state index contributed by atoms with van der Waals surface area (Å²) in [6, 6.07) is 9.20. The van der Waals surface area contributed by atoms with Crippen molar-refractivity contribution >= 4 is 15.8 Å². The monoisotopic (exact) mass is 395 g/mol. The van der Waals surface area contributed by atoms with Gasteiger partial charge in [-0.2, -0.15) is 0 Å². The molecule has 3 rings (SSSR count). The maximum atomic E-state index is 12.9. The van der Waals surface area contributed by atoms with Crippen molar-refractivity contribution in [2.45, 2.75) is 49.2 Å². The molecule has 1 aromatic carbocycles. The van der Waals surface area contributed by atoms with Crippen LogP contribution in [0.5, 0.6) is 0 Å². The Labute approximate surface area is 161 Å². The minimum absolute atomic E-state index is 0.000332. The van der Waals surface area contributed by atoms with Gasteiger partial charge in [-0.25, -0.2) is 8.42 Å². The van der Waals surface area contributed by atoms with Crippen LogP contribution >= 0.6 is 0 Å². The highest BCUT2D eigenvalue weighted by atomic mass is 32.2. The summed E-state index contributed by atoms with van der Waals surface area (Å²) in [6.45, 7) is 3.67. The zero-order valence-electron chi connectivity index (χ0n) is 15.7. The highest BCUT2D eigenvalue weighted by Crippen LogP contribution is 2.29. The third-order valence-corrected chi connectivity index (χ3v) is 7.53. The summed E-state index contributed by atoms with van der Waals surface area (Å²) < 4.78 is 36.8. The molecule has 0 N–H and O–H groups in total. The summed E-state index contributed by atoms with van der Waals surface area (Å²) in [4.78, 5) is 14.5. The fraction of sp³-hybridized carbons (Fsp3) is 0.650. The standard InChI is InChI=1S/C20H29NO5S/c22-20(10-11-21-12-14-25-15-13-21)26-18-8-4-5-9-19(18)27(23,24)16-17-6-2-1-3-7-17/h1-3,6-7,18-19H,4-5,8-16H2/t18-,19-/m0/s1. The van der Waals surface area contributed by atoms with Gasteiger partial charge in [-0.3, -0.25) is 9.69 Å². The van der Waals surface area contributed by atoms with E-state index in [0.717, 1.165) is 31.5 Å². The average molecular weight is 396 g/mol.